The number of ether oxygens (including phenoxy) is 4. The summed E-state index contributed by atoms with van der Waals surface area (Å²) in [4.78, 5) is 0. The van der Waals surface area contributed by atoms with Crippen molar-refractivity contribution in [2.75, 3.05) is 33.2 Å². The lowest BCUT2D eigenvalue weighted by atomic mass is 10.2. The van der Waals surface area contributed by atoms with Crippen molar-refractivity contribution in [1.82, 2.24) is 0 Å². The molecule has 118 valence electrons. The Hall–Kier alpha value is -2.56. The van der Waals surface area contributed by atoms with Gasteiger partial charge in [-0.25, -0.2) is 0 Å². The van der Waals surface area contributed by atoms with Gasteiger partial charge in [0, 0.05) is 30.0 Å². The number of benzene rings is 2. The van der Waals surface area contributed by atoms with E-state index in [0.29, 0.717) is 30.5 Å². The van der Waals surface area contributed by atoms with Gasteiger partial charge in [-0.2, -0.15) is 0 Å². The minimum absolute atomic E-state index is 0.407. The van der Waals surface area contributed by atoms with Gasteiger partial charge in [-0.15, -0.1) is 0 Å². The minimum atomic E-state index is 0.407. The molecule has 2 aromatic carbocycles. The molecule has 0 unspecified atom stereocenters. The zero-order valence-corrected chi connectivity index (χ0v) is 13.1. The molecule has 0 amide bonds. The van der Waals surface area contributed by atoms with E-state index in [0.717, 1.165) is 17.0 Å². The van der Waals surface area contributed by atoms with Crippen molar-refractivity contribution in [2.45, 2.75) is 6.92 Å². The van der Waals surface area contributed by atoms with Crippen molar-refractivity contribution in [3.8, 4) is 23.0 Å². The Balaban J connectivity index is 1.87. The van der Waals surface area contributed by atoms with Crippen LogP contribution in [0, 0.1) is 6.92 Å². The summed E-state index contributed by atoms with van der Waals surface area (Å²) < 4.78 is 21.6. The molecule has 2 aromatic rings. The normalized spacial score (nSPS) is 10.1. The molecule has 0 fully saturated rings. The molecule has 0 aliphatic rings. The summed E-state index contributed by atoms with van der Waals surface area (Å²) in [7, 11) is 3.20. The van der Waals surface area contributed by atoms with Crippen LogP contribution in [0.3, 0.4) is 0 Å². The molecule has 0 aromatic heterocycles. The maximum Gasteiger partial charge on any atom is 0.126 e. The van der Waals surface area contributed by atoms with E-state index < -0.39 is 0 Å². The van der Waals surface area contributed by atoms with Crippen LogP contribution in [0.2, 0.25) is 0 Å². The topological polar surface area (TPSA) is 62.9 Å². The number of hydrogen-bond acceptors (Lipinski definition) is 5. The zero-order chi connectivity index (χ0) is 15.9. The minimum Gasteiger partial charge on any atom is -0.496 e. The maximum atomic E-state index is 5.84. The van der Waals surface area contributed by atoms with E-state index in [1.807, 2.05) is 25.1 Å². The fraction of sp³-hybridized carbons (Fsp3) is 0.294. The molecule has 0 atom stereocenters. The molecule has 0 saturated carbocycles. The fourth-order valence-electron chi connectivity index (χ4n) is 1.89. The zero-order valence-electron chi connectivity index (χ0n) is 13.1. The van der Waals surface area contributed by atoms with Crippen LogP contribution in [-0.2, 0) is 0 Å². The van der Waals surface area contributed by atoms with Gasteiger partial charge in [-0.3, -0.25) is 0 Å². The number of hydrogen-bond donors (Lipinski definition) is 1. The van der Waals surface area contributed by atoms with Crippen LogP contribution in [0.5, 0.6) is 23.0 Å². The number of aryl methyl sites for hydroxylation is 1. The third-order valence-electron chi connectivity index (χ3n) is 3.20. The Kier molecular flexibility index (Phi) is 5.36. The molecule has 0 heterocycles. The third-order valence-corrected chi connectivity index (χ3v) is 3.20. The van der Waals surface area contributed by atoms with E-state index in [4.69, 9.17) is 24.7 Å². The lowest BCUT2D eigenvalue weighted by Crippen LogP contribution is -2.09. The first-order chi connectivity index (χ1) is 10.6. The Morgan fingerprint density at radius 2 is 1.32 bits per heavy atom. The second-order valence-corrected chi connectivity index (χ2v) is 4.76. The highest BCUT2D eigenvalue weighted by Crippen LogP contribution is 2.27. The van der Waals surface area contributed by atoms with Gasteiger partial charge < -0.3 is 24.7 Å². The van der Waals surface area contributed by atoms with Crippen molar-refractivity contribution in [1.29, 1.82) is 0 Å². The molecule has 5 heteroatoms. The van der Waals surface area contributed by atoms with Gasteiger partial charge in [0.25, 0.3) is 0 Å². The highest BCUT2D eigenvalue weighted by molar-refractivity contribution is 5.50. The van der Waals surface area contributed by atoms with Crippen molar-refractivity contribution in [3.63, 3.8) is 0 Å². The lowest BCUT2D eigenvalue weighted by Gasteiger charge is -2.11. The quantitative estimate of drug-likeness (QED) is 0.629. The van der Waals surface area contributed by atoms with Gasteiger partial charge in [-0.1, -0.05) is 6.07 Å². The van der Waals surface area contributed by atoms with Gasteiger partial charge in [0.1, 0.15) is 36.2 Å². The Morgan fingerprint density at radius 1 is 0.773 bits per heavy atom. The molecule has 2 N–H and O–H groups in total. The number of anilines is 1. The summed E-state index contributed by atoms with van der Waals surface area (Å²) in [6, 6.07) is 11.0. The Labute approximate surface area is 130 Å². The lowest BCUT2D eigenvalue weighted by molar-refractivity contribution is 0.216. The van der Waals surface area contributed by atoms with E-state index in [1.165, 1.54) is 0 Å². The average molecular weight is 303 g/mol. The van der Waals surface area contributed by atoms with Gasteiger partial charge in [0.15, 0.2) is 0 Å². The first-order valence-corrected chi connectivity index (χ1v) is 6.97. The van der Waals surface area contributed by atoms with E-state index in [9.17, 15) is 0 Å². The van der Waals surface area contributed by atoms with E-state index in [1.54, 1.807) is 32.4 Å². The highest BCUT2D eigenvalue weighted by Gasteiger charge is 2.03. The first kappa shape index (κ1) is 15.8. The maximum absolute atomic E-state index is 5.84. The van der Waals surface area contributed by atoms with Crippen molar-refractivity contribution < 1.29 is 18.9 Å². The largest absolute Gasteiger partial charge is 0.496 e. The smallest absolute Gasteiger partial charge is 0.126 e. The number of rotatable bonds is 7. The molecule has 22 heavy (non-hydrogen) atoms. The second kappa shape index (κ2) is 7.45. The molecule has 0 spiro atoms. The highest BCUT2D eigenvalue weighted by atomic mass is 16.5. The van der Waals surface area contributed by atoms with Crippen molar-refractivity contribution in [2.24, 2.45) is 0 Å². The van der Waals surface area contributed by atoms with Crippen molar-refractivity contribution >= 4 is 5.69 Å². The van der Waals surface area contributed by atoms with Crippen LogP contribution in [0.4, 0.5) is 5.69 Å². The molecular formula is C17H21NO4. The summed E-state index contributed by atoms with van der Waals surface area (Å²) in [6.07, 6.45) is 0. The van der Waals surface area contributed by atoms with Crippen LogP contribution in [0.1, 0.15) is 5.56 Å². The molecule has 0 bridgehead atoms. The molecule has 0 saturated heterocycles. The average Bonchev–Trinajstić information content (AvgIpc) is 2.54. The van der Waals surface area contributed by atoms with Gasteiger partial charge in [0.05, 0.1) is 14.2 Å². The van der Waals surface area contributed by atoms with E-state index in [-0.39, 0.29) is 0 Å². The van der Waals surface area contributed by atoms with Crippen LogP contribution in [-0.4, -0.2) is 27.4 Å². The molecule has 2 rings (SSSR count). The first-order valence-electron chi connectivity index (χ1n) is 6.97. The van der Waals surface area contributed by atoms with Crippen LogP contribution in [0.15, 0.2) is 36.4 Å². The Morgan fingerprint density at radius 3 is 1.86 bits per heavy atom. The SMILES string of the molecule is COc1cc(OC)cc(OCCOc2ccc(C)c(N)c2)c1. The molecule has 5 nitrogen and oxygen atoms in total. The number of methoxy groups -OCH3 is 2. The van der Waals surface area contributed by atoms with Gasteiger partial charge >= 0.3 is 0 Å². The monoisotopic (exact) mass is 303 g/mol. The Bertz CT molecular complexity index is 606. The molecule has 0 aliphatic heterocycles. The standard InChI is InChI=1S/C17H21NO4/c1-12-4-5-13(11-17(12)18)21-6-7-22-16-9-14(19-2)8-15(10-16)20-3/h4-5,8-11H,6-7,18H2,1-3H3. The van der Waals surface area contributed by atoms with Crippen LogP contribution in [0.25, 0.3) is 0 Å². The fourth-order valence-corrected chi connectivity index (χ4v) is 1.89. The van der Waals surface area contributed by atoms with Gasteiger partial charge in [-0.05, 0) is 18.6 Å². The number of nitrogens with two attached hydrogens (primary N) is 1. The summed E-state index contributed by atoms with van der Waals surface area (Å²) in [5.41, 5.74) is 7.59. The van der Waals surface area contributed by atoms with Crippen LogP contribution < -0.4 is 24.7 Å². The van der Waals surface area contributed by atoms with E-state index in [2.05, 4.69) is 0 Å². The summed E-state index contributed by atoms with van der Waals surface area (Å²) >= 11 is 0. The molecule has 0 radical (unpaired) electrons. The molecular weight excluding hydrogens is 282 g/mol. The third kappa shape index (κ3) is 4.22. The van der Waals surface area contributed by atoms with Crippen molar-refractivity contribution in [3.05, 3.63) is 42.0 Å². The summed E-state index contributed by atoms with van der Waals surface area (Å²) in [6.45, 7) is 2.78. The summed E-state index contributed by atoms with van der Waals surface area (Å²) in [5, 5.41) is 0. The van der Waals surface area contributed by atoms with Crippen LogP contribution >= 0.6 is 0 Å². The predicted molar refractivity (Wildman–Crippen MR) is 86.1 cm³/mol. The van der Waals surface area contributed by atoms with Gasteiger partial charge in [0.2, 0.25) is 0 Å². The van der Waals surface area contributed by atoms with E-state index >= 15 is 0 Å². The molecule has 0 aliphatic carbocycles. The second-order valence-electron chi connectivity index (χ2n) is 4.76. The predicted octanol–water partition coefficient (Wildman–Crippen LogP) is 3.05. The number of nitrogen functional groups attached to an aromatic ring is 1. The summed E-state index contributed by atoms with van der Waals surface area (Å²) in [5.74, 6) is 2.77.